The fraction of sp³-hybridized carbons (Fsp3) is 0.348. The van der Waals surface area contributed by atoms with E-state index in [1.165, 1.54) is 11.0 Å². The zero-order chi connectivity index (χ0) is 20.8. The van der Waals surface area contributed by atoms with Crippen LogP contribution in [0.5, 0.6) is 0 Å². The van der Waals surface area contributed by atoms with Crippen LogP contribution in [0.15, 0.2) is 59.9 Å². The van der Waals surface area contributed by atoms with Crippen LogP contribution in [0.2, 0.25) is 0 Å². The number of benzene rings is 2. The minimum Gasteiger partial charge on any atom is -0.356 e. The molecule has 2 aromatic heterocycles. The smallest absolute Gasteiger partial charge is 0.190 e. The lowest BCUT2D eigenvalue weighted by atomic mass is 10.3. The molecule has 2 N–H and O–H groups in total. The third kappa shape index (κ3) is 5.55. The summed E-state index contributed by atoms with van der Waals surface area (Å²) < 4.78 is 4.48. The Morgan fingerprint density at radius 1 is 0.903 bits per heavy atom. The number of aryl methyl sites for hydroxylation is 3. The monoisotopic (exact) mass is 531 g/mol. The van der Waals surface area contributed by atoms with Crippen LogP contribution in [0.1, 0.15) is 18.7 Å². The Hall–Kier alpha value is -2.62. The minimum absolute atomic E-state index is 0. The van der Waals surface area contributed by atoms with Crippen LogP contribution in [0, 0.1) is 6.92 Å². The van der Waals surface area contributed by atoms with E-state index in [1.807, 2.05) is 31.6 Å². The predicted molar refractivity (Wildman–Crippen MR) is 138 cm³/mol. The first-order valence-corrected chi connectivity index (χ1v) is 10.5. The molecule has 0 fully saturated rings. The van der Waals surface area contributed by atoms with Crippen LogP contribution in [0.4, 0.5) is 0 Å². The van der Waals surface area contributed by atoms with Gasteiger partial charge in [-0.05, 0) is 44.0 Å². The zero-order valence-electron chi connectivity index (χ0n) is 18.1. The lowest BCUT2D eigenvalue weighted by Crippen LogP contribution is -2.38. The van der Waals surface area contributed by atoms with Crippen LogP contribution >= 0.6 is 24.0 Å². The number of nitrogens with zero attached hydrogens (tertiary/aromatic N) is 5. The van der Waals surface area contributed by atoms with Gasteiger partial charge in [-0.1, -0.05) is 24.3 Å². The average molecular weight is 531 g/mol. The van der Waals surface area contributed by atoms with E-state index >= 15 is 0 Å². The Morgan fingerprint density at radius 2 is 1.55 bits per heavy atom. The van der Waals surface area contributed by atoms with Crippen molar-refractivity contribution in [2.45, 2.75) is 32.9 Å². The number of hydrogen-bond donors (Lipinski definition) is 2. The summed E-state index contributed by atoms with van der Waals surface area (Å²) in [7, 11) is 1.81. The maximum absolute atomic E-state index is 4.63. The molecule has 4 rings (SSSR count). The van der Waals surface area contributed by atoms with Crippen LogP contribution in [-0.4, -0.2) is 45.2 Å². The maximum atomic E-state index is 4.63. The van der Waals surface area contributed by atoms with Crippen LogP contribution in [-0.2, 0) is 13.1 Å². The number of guanidine groups is 1. The highest BCUT2D eigenvalue weighted by Gasteiger charge is 2.06. The molecule has 0 spiro atoms. The van der Waals surface area contributed by atoms with Gasteiger partial charge < -0.3 is 19.8 Å². The minimum atomic E-state index is 0. The van der Waals surface area contributed by atoms with Crippen molar-refractivity contribution in [1.82, 2.24) is 29.7 Å². The van der Waals surface area contributed by atoms with E-state index in [1.54, 1.807) is 0 Å². The van der Waals surface area contributed by atoms with Crippen molar-refractivity contribution in [3.63, 3.8) is 0 Å². The van der Waals surface area contributed by atoms with Crippen molar-refractivity contribution < 1.29 is 0 Å². The van der Waals surface area contributed by atoms with Gasteiger partial charge in [0.15, 0.2) is 5.96 Å². The fourth-order valence-corrected chi connectivity index (χ4v) is 3.79. The molecule has 0 atom stereocenters. The fourth-order valence-electron chi connectivity index (χ4n) is 3.79. The van der Waals surface area contributed by atoms with E-state index in [9.17, 15) is 0 Å². The van der Waals surface area contributed by atoms with Crippen molar-refractivity contribution in [1.29, 1.82) is 0 Å². The van der Waals surface area contributed by atoms with E-state index in [0.717, 1.165) is 61.8 Å². The lowest BCUT2D eigenvalue weighted by Gasteiger charge is -2.13. The number of nitrogens with one attached hydrogen (secondary N) is 2. The van der Waals surface area contributed by atoms with Crippen LogP contribution in [0.25, 0.3) is 22.1 Å². The average Bonchev–Trinajstić information content (AvgIpc) is 3.33. The Morgan fingerprint density at radius 3 is 2.29 bits per heavy atom. The molecule has 7 nitrogen and oxygen atoms in total. The Labute approximate surface area is 200 Å². The quantitative estimate of drug-likeness (QED) is 0.156. The van der Waals surface area contributed by atoms with Crippen molar-refractivity contribution >= 4 is 52.0 Å². The number of halogens is 1. The molecule has 2 aromatic carbocycles. The van der Waals surface area contributed by atoms with Gasteiger partial charge in [0.25, 0.3) is 0 Å². The number of hydrogen-bond acceptors (Lipinski definition) is 3. The number of aromatic nitrogens is 4. The molecule has 164 valence electrons. The summed E-state index contributed by atoms with van der Waals surface area (Å²) in [5, 5.41) is 6.81. The van der Waals surface area contributed by atoms with Gasteiger partial charge in [-0.25, -0.2) is 9.97 Å². The standard InChI is InChI=1S/C23H29N7.HI/c1-18-28-20-10-4-6-12-22(20)30(18)16-8-14-26-23(24-2)25-13-7-15-29-17-27-19-9-3-5-11-21(19)29;/h3-6,9-12,17H,7-8,13-16H2,1-2H3,(H2,24,25,26);1H. The summed E-state index contributed by atoms with van der Waals surface area (Å²) in [6.07, 6.45) is 3.92. The van der Waals surface area contributed by atoms with E-state index in [4.69, 9.17) is 0 Å². The second-order valence-corrected chi connectivity index (χ2v) is 7.36. The summed E-state index contributed by atoms with van der Waals surface area (Å²) in [5.74, 6) is 1.91. The van der Waals surface area contributed by atoms with Gasteiger partial charge in [0.05, 0.1) is 28.4 Å². The van der Waals surface area contributed by atoms with E-state index in [2.05, 4.69) is 72.0 Å². The first-order valence-electron chi connectivity index (χ1n) is 10.5. The van der Waals surface area contributed by atoms with Gasteiger partial charge in [0, 0.05) is 33.2 Å². The second kappa shape index (κ2) is 11.1. The number of rotatable bonds is 8. The van der Waals surface area contributed by atoms with Crippen LogP contribution < -0.4 is 10.6 Å². The van der Waals surface area contributed by atoms with Gasteiger partial charge in [0.1, 0.15) is 5.82 Å². The normalized spacial score (nSPS) is 11.6. The summed E-state index contributed by atoms with van der Waals surface area (Å²) in [6.45, 7) is 5.65. The third-order valence-corrected chi connectivity index (χ3v) is 5.32. The highest BCUT2D eigenvalue weighted by atomic mass is 127. The van der Waals surface area contributed by atoms with Gasteiger partial charge in [-0.2, -0.15) is 0 Å². The summed E-state index contributed by atoms with van der Waals surface area (Å²) in [6, 6.07) is 16.5. The molecule has 0 aliphatic heterocycles. The SMILES string of the molecule is CN=C(NCCCn1cnc2ccccc21)NCCCn1c(C)nc2ccccc21.I. The molecule has 0 aliphatic rings. The van der Waals surface area contributed by atoms with E-state index in [0.29, 0.717) is 0 Å². The molecular weight excluding hydrogens is 501 g/mol. The number of fused-ring (bicyclic) bond motifs is 2. The number of para-hydroxylation sites is 4. The summed E-state index contributed by atoms with van der Waals surface area (Å²) in [5.41, 5.74) is 4.49. The van der Waals surface area contributed by atoms with Gasteiger partial charge >= 0.3 is 0 Å². The van der Waals surface area contributed by atoms with E-state index < -0.39 is 0 Å². The zero-order valence-corrected chi connectivity index (χ0v) is 20.4. The van der Waals surface area contributed by atoms with Crippen molar-refractivity contribution in [2.75, 3.05) is 20.1 Å². The Kier molecular flexibility index (Phi) is 8.27. The first-order chi connectivity index (χ1) is 14.8. The molecule has 0 saturated heterocycles. The molecule has 0 aliphatic carbocycles. The molecule has 0 radical (unpaired) electrons. The molecular formula is C23H30IN7. The molecule has 2 heterocycles. The molecule has 8 heteroatoms. The third-order valence-electron chi connectivity index (χ3n) is 5.32. The first kappa shape index (κ1) is 23.1. The summed E-state index contributed by atoms with van der Waals surface area (Å²) >= 11 is 0. The topological polar surface area (TPSA) is 72.1 Å². The van der Waals surface area contributed by atoms with Gasteiger partial charge in [-0.15, -0.1) is 24.0 Å². The Bertz CT molecular complexity index is 1150. The highest BCUT2D eigenvalue weighted by molar-refractivity contribution is 14.0. The number of aliphatic imine (C=N–C) groups is 1. The van der Waals surface area contributed by atoms with Crippen molar-refractivity contribution in [2.24, 2.45) is 4.99 Å². The molecule has 31 heavy (non-hydrogen) atoms. The molecule has 4 aromatic rings. The number of imidazole rings is 2. The van der Waals surface area contributed by atoms with Crippen LogP contribution in [0.3, 0.4) is 0 Å². The molecule has 0 unspecified atom stereocenters. The second-order valence-electron chi connectivity index (χ2n) is 7.36. The van der Waals surface area contributed by atoms with Gasteiger partial charge in [-0.3, -0.25) is 4.99 Å². The predicted octanol–water partition coefficient (Wildman–Crippen LogP) is 3.96. The molecule has 0 amide bonds. The molecule has 0 saturated carbocycles. The highest BCUT2D eigenvalue weighted by Crippen LogP contribution is 2.15. The van der Waals surface area contributed by atoms with Crippen molar-refractivity contribution in [3.8, 4) is 0 Å². The lowest BCUT2D eigenvalue weighted by molar-refractivity contribution is 0.613. The maximum Gasteiger partial charge on any atom is 0.190 e. The largest absolute Gasteiger partial charge is 0.356 e. The molecule has 0 bridgehead atoms. The van der Waals surface area contributed by atoms with E-state index in [-0.39, 0.29) is 24.0 Å². The summed E-state index contributed by atoms with van der Waals surface area (Å²) in [4.78, 5) is 13.4. The van der Waals surface area contributed by atoms with Crippen molar-refractivity contribution in [3.05, 3.63) is 60.7 Å². The Balaban J connectivity index is 0.00000272. The van der Waals surface area contributed by atoms with Gasteiger partial charge in [0.2, 0.25) is 0 Å².